The van der Waals surface area contributed by atoms with Gasteiger partial charge in [-0.05, 0) is 39.8 Å². The van der Waals surface area contributed by atoms with E-state index in [-0.39, 0.29) is 18.1 Å². The van der Waals surface area contributed by atoms with E-state index in [2.05, 4.69) is 5.32 Å². The molecule has 1 aromatic heterocycles. The van der Waals surface area contributed by atoms with Crippen LogP contribution in [0.2, 0.25) is 0 Å². The zero-order valence-electron chi connectivity index (χ0n) is 14.4. The Balaban J connectivity index is 1.81. The number of hydrogen-bond donors (Lipinski definition) is 1. The van der Waals surface area contributed by atoms with Crippen LogP contribution < -0.4 is 5.32 Å². The molecule has 1 aromatic carbocycles. The minimum atomic E-state index is -1.20. The molecule has 2 aromatic rings. The first kappa shape index (κ1) is 16.5. The van der Waals surface area contributed by atoms with Gasteiger partial charge in [-0.3, -0.25) is 9.69 Å². The topological polar surface area (TPSA) is 71.8 Å². The van der Waals surface area contributed by atoms with Crippen LogP contribution in [0.5, 0.6) is 0 Å². The number of furan rings is 1. The fourth-order valence-electron chi connectivity index (χ4n) is 2.74. The van der Waals surface area contributed by atoms with Gasteiger partial charge in [-0.15, -0.1) is 0 Å². The molecule has 0 bridgehead atoms. The Labute approximate surface area is 140 Å². The Morgan fingerprint density at radius 3 is 2.62 bits per heavy atom. The molecule has 1 aliphatic heterocycles. The zero-order valence-corrected chi connectivity index (χ0v) is 14.4. The van der Waals surface area contributed by atoms with Gasteiger partial charge in [0.25, 0.3) is 5.91 Å². The summed E-state index contributed by atoms with van der Waals surface area (Å²) in [6.45, 7) is 7.94. The number of imide groups is 1. The summed E-state index contributed by atoms with van der Waals surface area (Å²) in [5.41, 5.74) is -0.829. The highest BCUT2D eigenvalue weighted by Crippen LogP contribution is 2.32. The molecule has 1 aliphatic rings. The minimum absolute atomic E-state index is 0.206. The zero-order chi connectivity index (χ0) is 17.5. The Morgan fingerprint density at radius 1 is 1.25 bits per heavy atom. The molecule has 1 unspecified atom stereocenters. The van der Waals surface area contributed by atoms with Crippen molar-refractivity contribution in [1.82, 2.24) is 10.2 Å². The third-order valence-electron chi connectivity index (χ3n) is 4.04. The fraction of sp³-hybridized carbons (Fsp3) is 0.444. The van der Waals surface area contributed by atoms with Gasteiger partial charge >= 0.3 is 6.03 Å². The van der Waals surface area contributed by atoms with E-state index in [1.807, 2.05) is 45.0 Å². The molecule has 3 rings (SSSR count). The third-order valence-corrected chi connectivity index (χ3v) is 4.04. The molecule has 1 atom stereocenters. The van der Waals surface area contributed by atoms with E-state index in [9.17, 15) is 9.59 Å². The number of amides is 3. The number of nitrogens with zero attached hydrogens (tertiary/aromatic N) is 1. The van der Waals surface area contributed by atoms with E-state index in [0.29, 0.717) is 18.0 Å². The summed E-state index contributed by atoms with van der Waals surface area (Å²) in [5.74, 6) is 0.102. The number of para-hydroxylation sites is 1. The van der Waals surface area contributed by atoms with Crippen molar-refractivity contribution in [2.45, 2.75) is 38.8 Å². The molecule has 0 spiro atoms. The molecule has 24 heavy (non-hydrogen) atoms. The number of benzene rings is 1. The lowest BCUT2D eigenvalue weighted by atomic mass is 9.99. The summed E-state index contributed by atoms with van der Waals surface area (Å²) < 4.78 is 11.4. The Kier molecular flexibility index (Phi) is 3.87. The Hall–Kier alpha value is -2.34. The first-order valence-corrected chi connectivity index (χ1v) is 7.98. The summed E-state index contributed by atoms with van der Waals surface area (Å²) in [6, 6.07) is 8.86. The first-order chi connectivity index (χ1) is 11.2. The lowest BCUT2D eigenvalue weighted by Gasteiger charge is -2.22. The highest BCUT2D eigenvalue weighted by atomic mass is 16.5. The van der Waals surface area contributed by atoms with Gasteiger partial charge in [-0.2, -0.15) is 0 Å². The lowest BCUT2D eigenvalue weighted by molar-refractivity contribution is -0.132. The van der Waals surface area contributed by atoms with Gasteiger partial charge in [-0.25, -0.2) is 4.79 Å². The van der Waals surface area contributed by atoms with Crippen molar-refractivity contribution in [3.8, 4) is 0 Å². The molecule has 0 saturated carbocycles. The van der Waals surface area contributed by atoms with Crippen LogP contribution >= 0.6 is 0 Å². The number of urea groups is 1. The van der Waals surface area contributed by atoms with Gasteiger partial charge < -0.3 is 14.5 Å². The van der Waals surface area contributed by atoms with E-state index in [1.165, 1.54) is 4.90 Å². The molecule has 128 valence electrons. The largest absolute Gasteiger partial charge is 0.458 e. The Bertz CT molecular complexity index is 757. The SMILES string of the molecule is CC(C)(C)OCCN1C(=O)NC(C)(c2cc3ccccc3o2)C1=O. The molecule has 0 radical (unpaired) electrons. The number of rotatable bonds is 4. The monoisotopic (exact) mass is 330 g/mol. The van der Waals surface area contributed by atoms with E-state index in [1.54, 1.807) is 13.0 Å². The smallest absolute Gasteiger partial charge is 0.325 e. The van der Waals surface area contributed by atoms with Gasteiger partial charge in [0.2, 0.25) is 0 Å². The third kappa shape index (κ3) is 2.89. The van der Waals surface area contributed by atoms with Crippen molar-refractivity contribution in [2.24, 2.45) is 0 Å². The molecule has 1 saturated heterocycles. The van der Waals surface area contributed by atoms with Crippen LogP contribution in [0.25, 0.3) is 11.0 Å². The van der Waals surface area contributed by atoms with Crippen LogP contribution in [0.4, 0.5) is 4.79 Å². The van der Waals surface area contributed by atoms with Crippen LogP contribution in [-0.4, -0.2) is 35.6 Å². The van der Waals surface area contributed by atoms with Crippen molar-refractivity contribution in [3.05, 3.63) is 36.1 Å². The van der Waals surface area contributed by atoms with Gasteiger partial charge in [0.15, 0.2) is 5.54 Å². The summed E-state index contributed by atoms with van der Waals surface area (Å²) in [7, 11) is 0. The quantitative estimate of drug-likeness (QED) is 0.875. The normalized spacial score (nSPS) is 21.6. The molecule has 3 amide bonds. The molecule has 1 N–H and O–H groups in total. The second kappa shape index (κ2) is 5.63. The number of carbonyl (C=O) groups is 2. The van der Waals surface area contributed by atoms with E-state index in [4.69, 9.17) is 9.15 Å². The second-order valence-electron chi connectivity index (χ2n) is 7.12. The van der Waals surface area contributed by atoms with Crippen LogP contribution in [0, 0.1) is 0 Å². The molecular weight excluding hydrogens is 308 g/mol. The van der Waals surface area contributed by atoms with E-state index >= 15 is 0 Å². The number of fused-ring (bicyclic) bond motifs is 1. The molecule has 0 aliphatic carbocycles. The standard InChI is InChI=1S/C18H22N2O4/c1-17(2,3)23-10-9-20-15(21)18(4,19-16(20)22)14-11-12-7-5-6-8-13(12)24-14/h5-8,11H,9-10H2,1-4H3,(H,19,22). The highest BCUT2D eigenvalue weighted by molar-refractivity contribution is 6.07. The van der Waals surface area contributed by atoms with Gasteiger partial charge in [0, 0.05) is 5.39 Å². The van der Waals surface area contributed by atoms with Gasteiger partial charge in [-0.1, -0.05) is 18.2 Å². The molecule has 6 heteroatoms. The predicted molar refractivity (Wildman–Crippen MR) is 89.5 cm³/mol. The maximum Gasteiger partial charge on any atom is 0.325 e. The van der Waals surface area contributed by atoms with Crippen molar-refractivity contribution < 1.29 is 18.7 Å². The summed E-state index contributed by atoms with van der Waals surface area (Å²) in [4.78, 5) is 26.2. The number of ether oxygens (including phenoxy) is 1. The fourth-order valence-corrected chi connectivity index (χ4v) is 2.74. The molecule has 6 nitrogen and oxygen atoms in total. The van der Waals surface area contributed by atoms with Crippen molar-refractivity contribution >= 4 is 22.9 Å². The average Bonchev–Trinajstić information content (AvgIpc) is 3.02. The van der Waals surface area contributed by atoms with Crippen molar-refractivity contribution in [1.29, 1.82) is 0 Å². The van der Waals surface area contributed by atoms with Gasteiger partial charge in [0.1, 0.15) is 11.3 Å². The highest BCUT2D eigenvalue weighted by Gasteiger charge is 2.51. The van der Waals surface area contributed by atoms with Crippen LogP contribution in [-0.2, 0) is 15.1 Å². The van der Waals surface area contributed by atoms with Crippen LogP contribution in [0.3, 0.4) is 0 Å². The van der Waals surface area contributed by atoms with E-state index in [0.717, 1.165) is 5.39 Å². The first-order valence-electron chi connectivity index (χ1n) is 7.98. The van der Waals surface area contributed by atoms with Crippen LogP contribution in [0.15, 0.2) is 34.7 Å². The Morgan fingerprint density at radius 2 is 1.96 bits per heavy atom. The number of carbonyl (C=O) groups excluding carboxylic acids is 2. The maximum absolute atomic E-state index is 12.8. The van der Waals surface area contributed by atoms with Crippen molar-refractivity contribution in [3.63, 3.8) is 0 Å². The number of nitrogens with one attached hydrogen (secondary N) is 1. The summed E-state index contributed by atoms with van der Waals surface area (Å²) >= 11 is 0. The van der Waals surface area contributed by atoms with E-state index < -0.39 is 11.6 Å². The number of hydrogen-bond acceptors (Lipinski definition) is 4. The molecule has 2 heterocycles. The second-order valence-corrected chi connectivity index (χ2v) is 7.12. The maximum atomic E-state index is 12.8. The lowest BCUT2D eigenvalue weighted by Crippen LogP contribution is -2.41. The predicted octanol–water partition coefficient (Wildman–Crippen LogP) is 3.01. The van der Waals surface area contributed by atoms with Crippen molar-refractivity contribution in [2.75, 3.05) is 13.2 Å². The minimum Gasteiger partial charge on any atom is -0.458 e. The average molecular weight is 330 g/mol. The molecule has 1 fully saturated rings. The molecular formula is C18H22N2O4. The summed E-state index contributed by atoms with van der Waals surface area (Å²) in [5, 5.41) is 3.64. The summed E-state index contributed by atoms with van der Waals surface area (Å²) in [6.07, 6.45) is 0. The van der Waals surface area contributed by atoms with Gasteiger partial charge in [0.05, 0.1) is 18.8 Å². The van der Waals surface area contributed by atoms with Crippen LogP contribution in [0.1, 0.15) is 33.5 Å².